The van der Waals surface area contributed by atoms with Gasteiger partial charge >= 0.3 is 0 Å². The fourth-order valence-corrected chi connectivity index (χ4v) is 6.27. The molecule has 0 radical (unpaired) electrons. The first-order valence-electron chi connectivity index (χ1n) is 9.77. The Labute approximate surface area is 173 Å². The van der Waals surface area contributed by atoms with Crippen LogP contribution in [0.3, 0.4) is 0 Å². The molecule has 6 heteroatoms. The lowest BCUT2D eigenvalue weighted by Gasteiger charge is -2.38. The third-order valence-electron chi connectivity index (χ3n) is 6.13. The lowest BCUT2D eigenvalue weighted by atomic mass is 9.82. The number of carbonyl (C=O) groups is 1. The number of aromatic nitrogens is 1. The molecule has 3 aromatic rings. The van der Waals surface area contributed by atoms with Gasteiger partial charge in [0.25, 0.3) is 5.91 Å². The maximum Gasteiger partial charge on any atom is 0.254 e. The molecule has 0 unspecified atom stereocenters. The summed E-state index contributed by atoms with van der Waals surface area (Å²) in [5, 5.41) is 6.57. The predicted octanol–water partition coefficient (Wildman–Crippen LogP) is 4.33. The van der Waals surface area contributed by atoms with E-state index in [1.807, 2.05) is 23.5 Å². The number of rotatable bonds is 4. The molecule has 3 aromatic heterocycles. The fraction of sp³-hybridized carbons (Fsp3) is 0.364. The van der Waals surface area contributed by atoms with E-state index in [0.29, 0.717) is 17.9 Å². The average Bonchev–Trinajstić information content (AvgIpc) is 3.49. The second kappa shape index (κ2) is 7.78. The first kappa shape index (κ1) is 18.0. The molecule has 5 heterocycles. The number of carbonyl (C=O) groups excluding carboxylic acids is 1. The van der Waals surface area contributed by atoms with Crippen molar-refractivity contribution in [2.24, 2.45) is 5.92 Å². The molecule has 3 atom stereocenters. The van der Waals surface area contributed by atoms with Gasteiger partial charge in [0.05, 0.1) is 0 Å². The van der Waals surface area contributed by atoms with E-state index in [4.69, 9.17) is 0 Å². The minimum atomic E-state index is 0.154. The molecule has 144 valence electrons. The summed E-state index contributed by atoms with van der Waals surface area (Å²) in [6.45, 7) is 3.95. The van der Waals surface area contributed by atoms with Crippen molar-refractivity contribution in [1.82, 2.24) is 14.8 Å². The summed E-state index contributed by atoms with van der Waals surface area (Å²) in [6, 6.07) is 10.6. The Morgan fingerprint density at radius 3 is 2.79 bits per heavy atom. The van der Waals surface area contributed by atoms with Crippen LogP contribution in [-0.2, 0) is 6.54 Å². The van der Waals surface area contributed by atoms with Crippen LogP contribution in [0.2, 0.25) is 0 Å². The van der Waals surface area contributed by atoms with Gasteiger partial charge in [-0.3, -0.25) is 14.7 Å². The lowest BCUT2D eigenvalue weighted by molar-refractivity contribution is 0.0615. The number of amides is 1. The maximum absolute atomic E-state index is 13.2. The summed E-state index contributed by atoms with van der Waals surface area (Å²) >= 11 is 3.59. The number of piperidine rings is 1. The van der Waals surface area contributed by atoms with Gasteiger partial charge in [0, 0.05) is 66.9 Å². The van der Waals surface area contributed by atoms with Crippen LogP contribution in [0.5, 0.6) is 0 Å². The molecule has 0 N–H and O–H groups in total. The quantitative estimate of drug-likeness (QED) is 0.643. The third-order valence-corrected chi connectivity index (χ3v) is 7.70. The predicted molar refractivity (Wildman–Crippen MR) is 114 cm³/mol. The highest BCUT2D eigenvalue weighted by molar-refractivity contribution is 7.09. The zero-order chi connectivity index (χ0) is 18.9. The zero-order valence-corrected chi connectivity index (χ0v) is 17.2. The van der Waals surface area contributed by atoms with Gasteiger partial charge < -0.3 is 4.90 Å². The van der Waals surface area contributed by atoms with Crippen molar-refractivity contribution in [1.29, 1.82) is 0 Å². The molecule has 0 aliphatic carbocycles. The van der Waals surface area contributed by atoms with Crippen LogP contribution in [0.1, 0.15) is 33.1 Å². The number of hydrogen-bond donors (Lipinski definition) is 0. The van der Waals surface area contributed by atoms with E-state index >= 15 is 0 Å². The van der Waals surface area contributed by atoms with Crippen LogP contribution in [0.25, 0.3) is 0 Å². The highest BCUT2D eigenvalue weighted by atomic mass is 32.1. The molecule has 2 fully saturated rings. The van der Waals surface area contributed by atoms with E-state index in [1.54, 1.807) is 23.7 Å². The van der Waals surface area contributed by atoms with E-state index in [9.17, 15) is 4.79 Å². The lowest BCUT2D eigenvalue weighted by Crippen LogP contribution is -2.47. The number of fused-ring (bicyclic) bond motifs is 1. The van der Waals surface area contributed by atoms with Crippen LogP contribution < -0.4 is 0 Å². The minimum Gasteiger partial charge on any atom is -0.335 e. The Morgan fingerprint density at radius 2 is 2.04 bits per heavy atom. The summed E-state index contributed by atoms with van der Waals surface area (Å²) in [6.07, 6.45) is 4.47. The van der Waals surface area contributed by atoms with Crippen LogP contribution in [0, 0.1) is 5.92 Å². The van der Waals surface area contributed by atoms with Crippen molar-refractivity contribution in [3.05, 3.63) is 74.9 Å². The first-order chi connectivity index (χ1) is 13.8. The smallest absolute Gasteiger partial charge is 0.254 e. The third kappa shape index (κ3) is 3.41. The molecular formula is C22H23N3OS2. The second-order valence-corrected chi connectivity index (χ2v) is 9.50. The Morgan fingerprint density at radius 1 is 1.14 bits per heavy atom. The SMILES string of the molecule is O=C(c1ccncc1)N1C[C@H](c2ccsc2)[C@H]2CN(Cc3cccs3)CC[C@H]21. The normalized spacial score (nSPS) is 25.0. The van der Waals surface area contributed by atoms with Crippen molar-refractivity contribution in [2.75, 3.05) is 19.6 Å². The largest absolute Gasteiger partial charge is 0.335 e. The molecule has 2 aliphatic rings. The van der Waals surface area contributed by atoms with Gasteiger partial charge in [-0.2, -0.15) is 11.3 Å². The highest BCUT2D eigenvalue weighted by Gasteiger charge is 2.47. The van der Waals surface area contributed by atoms with Gasteiger partial charge in [-0.15, -0.1) is 11.3 Å². The van der Waals surface area contributed by atoms with E-state index in [-0.39, 0.29) is 5.91 Å². The van der Waals surface area contributed by atoms with Crippen LogP contribution in [0.4, 0.5) is 0 Å². The molecule has 0 bridgehead atoms. The number of likely N-dealkylation sites (tertiary alicyclic amines) is 2. The Balaban J connectivity index is 1.40. The minimum absolute atomic E-state index is 0.154. The van der Waals surface area contributed by atoms with Gasteiger partial charge in [0.1, 0.15) is 0 Å². The Kier molecular flexibility index (Phi) is 5.01. The van der Waals surface area contributed by atoms with Crippen LogP contribution in [0.15, 0.2) is 58.9 Å². The maximum atomic E-state index is 13.2. The van der Waals surface area contributed by atoms with Crippen molar-refractivity contribution in [3.8, 4) is 0 Å². The van der Waals surface area contributed by atoms with Crippen molar-refractivity contribution < 1.29 is 4.79 Å². The van der Waals surface area contributed by atoms with Crippen molar-refractivity contribution in [2.45, 2.75) is 24.9 Å². The Bertz CT molecular complexity index is 911. The summed E-state index contributed by atoms with van der Waals surface area (Å²) in [5.74, 6) is 1.07. The van der Waals surface area contributed by atoms with Gasteiger partial charge in [0.2, 0.25) is 0 Å². The van der Waals surface area contributed by atoms with Gasteiger partial charge in [0.15, 0.2) is 0 Å². The molecule has 2 saturated heterocycles. The molecule has 4 nitrogen and oxygen atoms in total. The van der Waals surface area contributed by atoms with Gasteiger partial charge in [-0.05, 0) is 52.4 Å². The van der Waals surface area contributed by atoms with Crippen molar-refractivity contribution >= 4 is 28.6 Å². The van der Waals surface area contributed by atoms with Gasteiger partial charge in [-0.25, -0.2) is 0 Å². The monoisotopic (exact) mass is 409 g/mol. The summed E-state index contributed by atoms with van der Waals surface area (Å²) in [4.78, 5) is 23.4. The second-order valence-electron chi connectivity index (χ2n) is 7.69. The molecule has 2 aliphatic heterocycles. The molecular weight excluding hydrogens is 386 g/mol. The summed E-state index contributed by atoms with van der Waals surface area (Å²) in [5.41, 5.74) is 2.14. The molecule has 1 amide bonds. The summed E-state index contributed by atoms with van der Waals surface area (Å²) in [7, 11) is 0. The first-order valence-corrected chi connectivity index (χ1v) is 11.6. The van der Waals surface area contributed by atoms with Crippen molar-refractivity contribution in [3.63, 3.8) is 0 Å². The standard InChI is InChI=1S/C22H23N3OS2/c26-22(16-3-7-23-8-4-16)25-14-19(17-6-11-27-15-17)20-13-24(9-5-21(20)25)12-18-2-1-10-28-18/h1-4,6-8,10-11,15,19-21H,5,9,12-14H2/t19-,20-,21-/m1/s1. The van der Waals surface area contributed by atoms with Crippen LogP contribution in [-0.4, -0.2) is 46.4 Å². The van der Waals surface area contributed by atoms with Crippen LogP contribution >= 0.6 is 22.7 Å². The van der Waals surface area contributed by atoms with E-state index in [0.717, 1.165) is 38.2 Å². The highest BCUT2D eigenvalue weighted by Crippen LogP contribution is 2.43. The molecule has 5 rings (SSSR count). The topological polar surface area (TPSA) is 36.4 Å². The van der Waals surface area contributed by atoms with E-state index in [2.05, 4.69) is 49.1 Å². The van der Waals surface area contributed by atoms with E-state index in [1.165, 1.54) is 10.4 Å². The molecule has 0 saturated carbocycles. The average molecular weight is 410 g/mol. The summed E-state index contributed by atoms with van der Waals surface area (Å²) < 4.78 is 0. The fourth-order valence-electron chi connectivity index (χ4n) is 4.80. The van der Waals surface area contributed by atoms with Gasteiger partial charge in [-0.1, -0.05) is 6.07 Å². The number of pyridine rings is 1. The number of nitrogens with zero attached hydrogens (tertiary/aromatic N) is 3. The van der Waals surface area contributed by atoms with E-state index < -0.39 is 0 Å². The molecule has 28 heavy (non-hydrogen) atoms. The Hall–Kier alpha value is -2.02. The number of thiophene rings is 2. The molecule has 0 spiro atoms. The molecule has 0 aromatic carbocycles. The number of hydrogen-bond acceptors (Lipinski definition) is 5. The zero-order valence-electron chi connectivity index (χ0n) is 15.6.